The lowest BCUT2D eigenvalue weighted by molar-refractivity contribution is 0.623. The first-order valence-electron chi connectivity index (χ1n) is 17.6. The molecule has 0 amide bonds. The fraction of sp³-hybridized carbons (Fsp3) is 0. The molecule has 244 valence electrons. The van der Waals surface area contributed by atoms with Gasteiger partial charge >= 0.3 is 0 Å². The summed E-state index contributed by atoms with van der Waals surface area (Å²) in [5, 5.41) is 6.75. The Hall–Kier alpha value is -6.97. The molecule has 0 N–H and O–H groups in total. The van der Waals surface area contributed by atoms with E-state index in [1.165, 1.54) is 27.6 Å². The lowest BCUT2D eigenvalue weighted by Crippen LogP contribution is -2.11. The minimum absolute atomic E-state index is 0.610. The fourth-order valence-corrected chi connectivity index (χ4v) is 7.60. The van der Waals surface area contributed by atoms with E-state index in [2.05, 4.69) is 181 Å². The Morgan fingerprint density at radius 3 is 1.42 bits per heavy atom. The molecule has 10 rings (SSSR count). The van der Waals surface area contributed by atoms with Gasteiger partial charge in [-0.3, -0.25) is 0 Å². The molecule has 0 aliphatic heterocycles. The van der Waals surface area contributed by atoms with Gasteiger partial charge in [-0.1, -0.05) is 152 Å². The summed E-state index contributed by atoms with van der Waals surface area (Å²) in [5.74, 6) is 0.610. The highest BCUT2D eigenvalue weighted by atomic mass is 16.3. The van der Waals surface area contributed by atoms with Gasteiger partial charge in [0.25, 0.3) is 0 Å². The maximum Gasteiger partial charge on any atom is 0.227 e. The van der Waals surface area contributed by atoms with Gasteiger partial charge in [-0.25, -0.2) is 4.98 Å². The van der Waals surface area contributed by atoms with Crippen molar-refractivity contribution in [2.45, 2.75) is 0 Å². The molecule has 0 saturated carbocycles. The Kier molecular flexibility index (Phi) is 7.14. The number of aromatic nitrogens is 1. The molecule has 0 fully saturated rings. The number of nitrogens with zero attached hydrogens (tertiary/aromatic N) is 2. The van der Waals surface area contributed by atoms with E-state index in [1.807, 2.05) is 18.2 Å². The van der Waals surface area contributed by atoms with Crippen molar-refractivity contribution in [3.05, 3.63) is 194 Å². The summed E-state index contributed by atoms with van der Waals surface area (Å²) in [6.07, 6.45) is 0. The van der Waals surface area contributed by atoms with Gasteiger partial charge in [0.1, 0.15) is 5.52 Å². The first kappa shape index (κ1) is 29.9. The smallest absolute Gasteiger partial charge is 0.227 e. The summed E-state index contributed by atoms with van der Waals surface area (Å²) in [7, 11) is 0. The molecule has 0 aliphatic carbocycles. The predicted molar refractivity (Wildman–Crippen MR) is 218 cm³/mol. The van der Waals surface area contributed by atoms with Gasteiger partial charge in [0.2, 0.25) is 5.89 Å². The monoisotopic (exact) mass is 664 g/mol. The second-order valence-corrected chi connectivity index (χ2v) is 13.1. The molecule has 9 aromatic carbocycles. The lowest BCUT2D eigenvalue weighted by atomic mass is 9.93. The van der Waals surface area contributed by atoms with Gasteiger partial charge in [0, 0.05) is 33.1 Å². The summed E-state index contributed by atoms with van der Waals surface area (Å²) in [4.78, 5) is 7.69. The molecule has 0 unspecified atom stereocenters. The van der Waals surface area contributed by atoms with E-state index in [9.17, 15) is 0 Å². The third kappa shape index (κ3) is 5.02. The summed E-state index contributed by atoms with van der Waals surface area (Å²) in [5.41, 5.74) is 10.4. The van der Waals surface area contributed by atoms with Crippen LogP contribution in [0.15, 0.2) is 199 Å². The lowest BCUT2D eigenvalue weighted by Gasteiger charge is -2.28. The average molecular weight is 665 g/mol. The van der Waals surface area contributed by atoms with Crippen LogP contribution in [0.5, 0.6) is 0 Å². The molecular formula is C49H32N2O. The van der Waals surface area contributed by atoms with Crippen molar-refractivity contribution >= 4 is 60.5 Å². The van der Waals surface area contributed by atoms with Crippen LogP contribution in [0.2, 0.25) is 0 Å². The van der Waals surface area contributed by atoms with Crippen molar-refractivity contribution in [1.82, 2.24) is 4.98 Å². The standard InChI is InChI=1S/C49H32N2O/c1-4-14-33(15-5-1)35-24-28-39(29-25-35)51(40-30-26-36(27-31-40)34-16-6-2-7-17-34)44-32-38-20-10-11-21-41(38)45-42-22-12-13-23-43(42)48-47(46(44)45)50-49(52-48)37-18-8-3-9-19-37/h1-32H. The molecule has 0 radical (unpaired) electrons. The van der Waals surface area contributed by atoms with E-state index in [4.69, 9.17) is 9.40 Å². The van der Waals surface area contributed by atoms with Crippen molar-refractivity contribution in [3.63, 3.8) is 0 Å². The Bertz CT molecular complexity index is 2780. The Labute approximate surface area is 301 Å². The zero-order valence-corrected chi connectivity index (χ0v) is 28.3. The number of hydrogen-bond donors (Lipinski definition) is 0. The molecule has 3 nitrogen and oxygen atoms in total. The number of anilines is 3. The molecule has 52 heavy (non-hydrogen) atoms. The van der Waals surface area contributed by atoms with Crippen LogP contribution in [-0.4, -0.2) is 4.98 Å². The number of fused-ring (bicyclic) bond motifs is 8. The van der Waals surface area contributed by atoms with E-state index in [-0.39, 0.29) is 0 Å². The number of benzene rings is 9. The van der Waals surface area contributed by atoms with Crippen LogP contribution >= 0.6 is 0 Å². The maximum atomic E-state index is 6.73. The Balaban J connectivity index is 1.29. The molecule has 1 aromatic heterocycles. The van der Waals surface area contributed by atoms with E-state index < -0.39 is 0 Å². The second kappa shape index (κ2) is 12.4. The Morgan fingerprint density at radius 1 is 0.385 bits per heavy atom. The minimum atomic E-state index is 0.610. The molecule has 0 atom stereocenters. The zero-order valence-electron chi connectivity index (χ0n) is 28.3. The summed E-state index contributed by atoms with van der Waals surface area (Å²) < 4.78 is 6.73. The van der Waals surface area contributed by atoms with Crippen LogP contribution < -0.4 is 4.90 Å². The van der Waals surface area contributed by atoms with Crippen molar-refractivity contribution < 1.29 is 4.42 Å². The van der Waals surface area contributed by atoms with Gasteiger partial charge in [-0.15, -0.1) is 0 Å². The van der Waals surface area contributed by atoms with Gasteiger partial charge in [-0.2, -0.15) is 0 Å². The van der Waals surface area contributed by atoms with Crippen LogP contribution in [-0.2, 0) is 0 Å². The summed E-state index contributed by atoms with van der Waals surface area (Å²) in [6.45, 7) is 0. The summed E-state index contributed by atoms with van der Waals surface area (Å²) in [6, 6.07) is 68.6. The largest absolute Gasteiger partial charge is 0.435 e. The quantitative estimate of drug-likeness (QED) is 0.166. The topological polar surface area (TPSA) is 29.3 Å². The average Bonchev–Trinajstić information content (AvgIpc) is 3.68. The first-order chi connectivity index (χ1) is 25.8. The minimum Gasteiger partial charge on any atom is -0.435 e. The molecule has 0 aliphatic rings. The first-order valence-corrected chi connectivity index (χ1v) is 17.6. The van der Waals surface area contributed by atoms with E-state index in [0.29, 0.717) is 5.89 Å². The number of oxazole rings is 1. The van der Waals surface area contributed by atoms with E-state index in [0.717, 1.165) is 60.7 Å². The molecule has 0 spiro atoms. The van der Waals surface area contributed by atoms with Crippen LogP contribution in [0.25, 0.3) is 77.1 Å². The van der Waals surface area contributed by atoms with Crippen molar-refractivity contribution in [3.8, 4) is 33.7 Å². The SMILES string of the molecule is c1ccc(-c2ccc(N(c3ccc(-c4ccccc4)cc3)c3cc4ccccc4c4c5ccccc5c5oc(-c6ccccc6)nc5c34)cc2)cc1. The van der Waals surface area contributed by atoms with E-state index >= 15 is 0 Å². The highest BCUT2D eigenvalue weighted by Gasteiger charge is 2.24. The maximum absolute atomic E-state index is 6.73. The normalized spacial score (nSPS) is 11.5. The van der Waals surface area contributed by atoms with Crippen molar-refractivity contribution in [1.29, 1.82) is 0 Å². The predicted octanol–water partition coefficient (Wildman–Crippen LogP) is 13.8. The molecular weight excluding hydrogens is 633 g/mol. The fourth-order valence-electron chi connectivity index (χ4n) is 7.60. The third-order valence-corrected chi connectivity index (χ3v) is 10.1. The highest BCUT2D eigenvalue weighted by Crippen LogP contribution is 2.48. The van der Waals surface area contributed by atoms with Gasteiger partial charge in [0.15, 0.2) is 5.58 Å². The van der Waals surface area contributed by atoms with Gasteiger partial charge in [0.05, 0.1) is 5.69 Å². The summed E-state index contributed by atoms with van der Waals surface area (Å²) >= 11 is 0. The number of rotatable bonds is 6. The van der Waals surface area contributed by atoms with Gasteiger partial charge < -0.3 is 9.32 Å². The van der Waals surface area contributed by atoms with Crippen LogP contribution in [0.1, 0.15) is 0 Å². The van der Waals surface area contributed by atoms with Crippen LogP contribution in [0, 0.1) is 0 Å². The zero-order chi connectivity index (χ0) is 34.4. The Morgan fingerprint density at radius 2 is 0.846 bits per heavy atom. The third-order valence-electron chi connectivity index (χ3n) is 10.1. The molecule has 10 aromatic rings. The molecule has 3 heteroatoms. The molecule has 1 heterocycles. The molecule has 0 bridgehead atoms. The van der Waals surface area contributed by atoms with Crippen LogP contribution in [0.3, 0.4) is 0 Å². The molecule has 0 saturated heterocycles. The van der Waals surface area contributed by atoms with Crippen LogP contribution in [0.4, 0.5) is 17.1 Å². The van der Waals surface area contributed by atoms with Gasteiger partial charge in [-0.05, 0) is 80.9 Å². The van der Waals surface area contributed by atoms with Crippen molar-refractivity contribution in [2.24, 2.45) is 0 Å². The van der Waals surface area contributed by atoms with E-state index in [1.54, 1.807) is 0 Å². The number of hydrogen-bond acceptors (Lipinski definition) is 3. The van der Waals surface area contributed by atoms with Crippen molar-refractivity contribution in [2.75, 3.05) is 4.90 Å². The highest BCUT2D eigenvalue weighted by molar-refractivity contribution is 6.33. The second-order valence-electron chi connectivity index (χ2n) is 13.1.